The van der Waals surface area contributed by atoms with E-state index < -0.39 is 45.9 Å². The summed E-state index contributed by atoms with van der Waals surface area (Å²) in [6.07, 6.45) is 2.92. The molecule has 4 N–H and O–H groups in total. The summed E-state index contributed by atoms with van der Waals surface area (Å²) in [6.45, 7) is 18.5. The van der Waals surface area contributed by atoms with E-state index >= 15 is 0 Å². The van der Waals surface area contributed by atoms with Gasteiger partial charge in [0.2, 0.25) is 0 Å². The number of nitrogens with one attached hydrogen (secondary N) is 2. The molecule has 2 aliphatic heterocycles. The van der Waals surface area contributed by atoms with Crippen LogP contribution in [0.1, 0.15) is 195 Å². The van der Waals surface area contributed by atoms with Gasteiger partial charge < -0.3 is 20.8 Å². The number of nitrogens with zero attached hydrogens (tertiary/aromatic N) is 2. The molecule has 12 rings (SSSR count). The summed E-state index contributed by atoms with van der Waals surface area (Å²) < 4.78 is 0. The Morgan fingerprint density at radius 2 is 0.988 bits per heavy atom. The molecule has 8 aromatic rings. The van der Waals surface area contributed by atoms with E-state index in [0.29, 0.717) is 23.4 Å². The molecule has 12 heteroatoms. The fraction of sp³-hybridized carbons (Fsp3) is 0.250. The number of rotatable bonds is 13. The Balaban J connectivity index is 0.796. The van der Waals surface area contributed by atoms with E-state index in [1.807, 2.05) is 99.6 Å². The van der Waals surface area contributed by atoms with Gasteiger partial charge in [-0.1, -0.05) is 127 Å². The number of carbonyl (C=O) groups excluding carboxylic acids is 6. The average Bonchev–Trinajstić information content (AvgIpc) is 1.62. The van der Waals surface area contributed by atoms with Gasteiger partial charge in [0.15, 0.2) is 0 Å². The smallest absolute Gasteiger partial charge is 0.266 e. The summed E-state index contributed by atoms with van der Waals surface area (Å²) in [5.74, 6) is -3.04. The molecular weight excluding hydrogens is 1050 g/mol. The van der Waals surface area contributed by atoms with Gasteiger partial charge in [0, 0.05) is 39.0 Å². The maximum absolute atomic E-state index is 14.7. The van der Waals surface area contributed by atoms with Crippen molar-refractivity contribution < 1.29 is 39.0 Å². The first-order valence-corrected chi connectivity index (χ1v) is 28.8. The molecule has 422 valence electrons. The molecule has 0 radical (unpaired) electrons. The number of hydrogen-bond donors (Lipinski definition) is 4. The Kier molecular flexibility index (Phi) is 12.9. The summed E-state index contributed by atoms with van der Waals surface area (Å²) in [5, 5.41) is 29.2. The molecule has 0 saturated carbocycles. The Morgan fingerprint density at radius 3 is 1.58 bits per heavy atom. The van der Waals surface area contributed by atoms with E-state index in [-0.39, 0.29) is 67.3 Å². The van der Waals surface area contributed by atoms with E-state index in [4.69, 9.17) is 0 Å². The lowest BCUT2D eigenvalue weighted by molar-refractivity contribution is 0.0473. The van der Waals surface area contributed by atoms with Crippen LogP contribution in [0.3, 0.4) is 0 Å². The number of aromatic hydroxyl groups is 2. The predicted octanol–water partition coefficient (Wildman–Crippen LogP) is 14.6. The number of phenols is 2. The van der Waals surface area contributed by atoms with Crippen molar-refractivity contribution in [2.45, 2.75) is 115 Å². The van der Waals surface area contributed by atoms with Crippen LogP contribution >= 0.6 is 0 Å². The second kappa shape index (κ2) is 19.6. The molecule has 84 heavy (non-hydrogen) atoms. The summed E-state index contributed by atoms with van der Waals surface area (Å²) in [4.78, 5) is 85.9. The minimum atomic E-state index is -1.00. The highest BCUT2D eigenvalue weighted by atomic mass is 16.3. The molecule has 0 saturated heterocycles. The first-order valence-electron chi connectivity index (χ1n) is 28.8. The van der Waals surface area contributed by atoms with Crippen molar-refractivity contribution in [3.63, 3.8) is 0 Å². The van der Waals surface area contributed by atoms with Gasteiger partial charge in [-0.2, -0.15) is 0 Å². The summed E-state index contributed by atoms with van der Waals surface area (Å²) in [5.41, 5.74) is 8.97. The Labute approximate surface area is 489 Å². The van der Waals surface area contributed by atoms with Gasteiger partial charge in [0.05, 0.1) is 33.4 Å². The van der Waals surface area contributed by atoms with Gasteiger partial charge in [0.25, 0.3) is 35.4 Å². The zero-order valence-corrected chi connectivity index (χ0v) is 48.7. The van der Waals surface area contributed by atoms with Crippen molar-refractivity contribution in [1.82, 2.24) is 4.90 Å². The molecule has 2 aliphatic carbocycles. The highest BCUT2D eigenvalue weighted by Crippen LogP contribution is 2.58. The van der Waals surface area contributed by atoms with Crippen molar-refractivity contribution in [2.24, 2.45) is 0 Å². The van der Waals surface area contributed by atoms with Crippen molar-refractivity contribution in [2.75, 3.05) is 15.5 Å². The molecule has 4 aliphatic rings. The lowest BCUT2D eigenvalue weighted by Crippen LogP contribution is -2.47. The summed E-state index contributed by atoms with van der Waals surface area (Å²) in [6, 6.07) is 49.8. The van der Waals surface area contributed by atoms with E-state index in [9.17, 15) is 39.0 Å². The lowest BCUT2D eigenvalue weighted by Gasteiger charge is -2.36. The topological polar surface area (TPSA) is 173 Å². The quantitative estimate of drug-likeness (QED) is 0.0826. The number of carbonyl (C=O) groups is 6. The largest absolute Gasteiger partial charge is 0.508 e. The second-order valence-electron chi connectivity index (χ2n) is 24.8. The number of amides is 6. The molecule has 6 amide bonds. The van der Waals surface area contributed by atoms with E-state index in [1.165, 1.54) is 35.2 Å². The van der Waals surface area contributed by atoms with Gasteiger partial charge in [0.1, 0.15) is 11.5 Å². The molecule has 8 aromatic carbocycles. The van der Waals surface area contributed by atoms with Crippen LogP contribution in [-0.4, -0.2) is 56.1 Å². The third-order valence-electron chi connectivity index (χ3n) is 19.2. The lowest BCUT2D eigenvalue weighted by atomic mass is 9.66. The van der Waals surface area contributed by atoms with Crippen LogP contribution in [0.25, 0.3) is 11.1 Å². The molecule has 0 aromatic heterocycles. The minimum absolute atomic E-state index is 0.00133. The van der Waals surface area contributed by atoms with Gasteiger partial charge in [-0.25, -0.2) is 4.90 Å². The molecule has 0 fully saturated rings. The maximum atomic E-state index is 14.7. The van der Waals surface area contributed by atoms with Gasteiger partial charge in [-0.05, 0) is 185 Å². The number of hydrogen-bond acceptors (Lipinski definition) is 8. The van der Waals surface area contributed by atoms with Crippen LogP contribution in [0.4, 0.5) is 17.1 Å². The highest BCUT2D eigenvalue weighted by Gasteiger charge is 2.50. The van der Waals surface area contributed by atoms with Gasteiger partial charge in [-0.15, -0.1) is 0 Å². The number of imide groups is 2. The van der Waals surface area contributed by atoms with Crippen LogP contribution in [0.5, 0.6) is 11.5 Å². The SMILES string of the molecule is CCC(C)(CC)c1cc(C2(c3ccc(O)c(N4C(=O)c5ccc(C(=O)Nc6ccc7c(c6)C(C)(C)CC7(C)c6ccc(NC(=O)c7ccc8c(c7)C(=O)N(C(C)(C)CC)C8=O)cc6)cc5C4=O)c3)c3ccccc3-c3ccccc32)ccc1O. The highest BCUT2D eigenvalue weighted by molar-refractivity contribution is 6.35. The third-order valence-corrected chi connectivity index (χ3v) is 19.2. The van der Waals surface area contributed by atoms with E-state index in [0.717, 1.165) is 74.2 Å². The number of benzene rings is 8. The number of fused-ring (bicyclic) bond motifs is 6. The normalized spacial score (nSPS) is 17.2. The van der Waals surface area contributed by atoms with Crippen LogP contribution in [0.15, 0.2) is 164 Å². The molecule has 1 atom stereocenters. The fourth-order valence-corrected chi connectivity index (χ4v) is 13.9. The molecular formula is C72H66N4O8. The first-order chi connectivity index (χ1) is 40.0. The Bertz CT molecular complexity index is 4120. The molecule has 1 unspecified atom stereocenters. The molecule has 0 bridgehead atoms. The van der Waals surface area contributed by atoms with Gasteiger partial charge in [-0.3, -0.25) is 33.7 Å². The molecule has 0 spiro atoms. The molecule has 12 nitrogen and oxygen atoms in total. The predicted molar refractivity (Wildman–Crippen MR) is 327 cm³/mol. The maximum Gasteiger partial charge on any atom is 0.266 e. The third kappa shape index (κ3) is 8.23. The van der Waals surface area contributed by atoms with Crippen molar-refractivity contribution in [1.29, 1.82) is 0 Å². The van der Waals surface area contributed by atoms with Crippen molar-refractivity contribution >= 4 is 52.5 Å². The fourth-order valence-electron chi connectivity index (χ4n) is 13.9. The van der Waals surface area contributed by atoms with Crippen molar-refractivity contribution in [3.8, 4) is 22.6 Å². The van der Waals surface area contributed by atoms with Crippen LogP contribution in [-0.2, 0) is 21.7 Å². The van der Waals surface area contributed by atoms with Gasteiger partial charge >= 0.3 is 0 Å². The Morgan fingerprint density at radius 1 is 0.488 bits per heavy atom. The first kappa shape index (κ1) is 55.1. The van der Waals surface area contributed by atoms with Crippen LogP contribution in [0.2, 0.25) is 0 Å². The zero-order valence-electron chi connectivity index (χ0n) is 48.7. The number of anilines is 3. The van der Waals surface area contributed by atoms with Crippen molar-refractivity contribution in [3.05, 3.63) is 242 Å². The average molecular weight is 1120 g/mol. The number of phenolic OH excluding ortho intramolecular Hbond substituents is 2. The van der Waals surface area contributed by atoms with E-state index in [1.54, 1.807) is 24.3 Å². The van der Waals surface area contributed by atoms with Crippen LogP contribution < -0.4 is 15.5 Å². The van der Waals surface area contributed by atoms with E-state index in [2.05, 4.69) is 82.5 Å². The minimum Gasteiger partial charge on any atom is -0.508 e. The summed E-state index contributed by atoms with van der Waals surface area (Å²) in [7, 11) is 0. The monoisotopic (exact) mass is 1110 g/mol. The summed E-state index contributed by atoms with van der Waals surface area (Å²) >= 11 is 0. The zero-order chi connectivity index (χ0) is 59.6. The van der Waals surface area contributed by atoms with Crippen LogP contribution in [0, 0.1) is 0 Å². The molecule has 2 heterocycles. The Hall–Kier alpha value is -9.42. The standard InChI is InChI=1S/C72H66N4O8/c1-10-69(6,7)76-66(83)51-31-22-42(36-53(51)67(76)84)62(79)73-46-27-23-43(24-28-46)71(9)40-68(4,5)57-39-47(29-32-56(57)71)74-63(80)41-21-30-50-52(35-41)65(82)75(64(50)81)59-38-45(26-34-61(59)78)72(44-25-33-60(77)58(37-44)70(8,11-2)12-3)54-19-15-13-17-48(54)49-18-14-16-20-55(49)72/h13-39,77-78H,10-12,40H2,1-9H3,(H,73,79)(H,74,80). The second-order valence-corrected chi connectivity index (χ2v) is 24.8.